The van der Waals surface area contributed by atoms with Crippen molar-refractivity contribution in [2.75, 3.05) is 11.9 Å². The standard InChI is InChI=1S/C18H20N2O/c1-2-12(11-19)18(21)20-15-7-8-17-14(10-15)9-13-5-3-4-6-16(13)17/h3-8,10,12H,2,9,11,19H2,1H3,(H,20,21). The molecule has 0 radical (unpaired) electrons. The number of benzene rings is 2. The number of amides is 1. The highest BCUT2D eigenvalue weighted by Gasteiger charge is 2.19. The minimum absolute atomic E-state index is 0.00969. The number of hydrogen-bond acceptors (Lipinski definition) is 2. The lowest BCUT2D eigenvalue weighted by molar-refractivity contribution is -0.119. The van der Waals surface area contributed by atoms with Crippen LogP contribution in [0.3, 0.4) is 0 Å². The van der Waals surface area contributed by atoms with Crippen molar-refractivity contribution < 1.29 is 4.79 Å². The maximum absolute atomic E-state index is 12.1. The average molecular weight is 280 g/mol. The van der Waals surface area contributed by atoms with Gasteiger partial charge in [0.2, 0.25) is 5.91 Å². The zero-order valence-electron chi connectivity index (χ0n) is 12.2. The van der Waals surface area contributed by atoms with Gasteiger partial charge in [-0.2, -0.15) is 0 Å². The van der Waals surface area contributed by atoms with E-state index in [9.17, 15) is 4.79 Å². The van der Waals surface area contributed by atoms with Gasteiger partial charge in [0.1, 0.15) is 0 Å². The lowest BCUT2D eigenvalue weighted by Gasteiger charge is -2.13. The highest BCUT2D eigenvalue weighted by molar-refractivity contribution is 5.93. The van der Waals surface area contributed by atoms with Gasteiger partial charge in [-0.25, -0.2) is 0 Å². The predicted octanol–water partition coefficient (Wildman–Crippen LogP) is 3.18. The van der Waals surface area contributed by atoms with Crippen molar-refractivity contribution in [3.05, 3.63) is 53.6 Å². The van der Waals surface area contributed by atoms with E-state index in [4.69, 9.17) is 5.73 Å². The van der Waals surface area contributed by atoms with Gasteiger partial charge >= 0.3 is 0 Å². The predicted molar refractivity (Wildman–Crippen MR) is 86.1 cm³/mol. The third-order valence-electron chi connectivity index (χ3n) is 4.21. The van der Waals surface area contributed by atoms with Gasteiger partial charge in [0.05, 0.1) is 5.92 Å². The van der Waals surface area contributed by atoms with Crippen molar-refractivity contribution in [2.24, 2.45) is 11.7 Å². The molecule has 3 N–H and O–H groups in total. The number of carbonyl (C=O) groups excluding carboxylic acids is 1. The van der Waals surface area contributed by atoms with Crippen LogP contribution in [0, 0.1) is 5.92 Å². The minimum Gasteiger partial charge on any atom is -0.330 e. The second-order valence-electron chi connectivity index (χ2n) is 5.54. The van der Waals surface area contributed by atoms with Gasteiger partial charge in [0, 0.05) is 12.2 Å². The molecular weight excluding hydrogens is 260 g/mol. The molecule has 1 aliphatic rings. The zero-order chi connectivity index (χ0) is 14.8. The molecule has 0 aromatic heterocycles. The fourth-order valence-corrected chi connectivity index (χ4v) is 2.93. The molecule has 0 saturated carbocycles. The molecule has 0 saturated heterocycles. The van der Waals surface area contributed by atoms with Crippen LogP contribution in [0.4, 0.5) is 5.69 Å². The third-order valence-corrected chi connectivity index (χ3v) is 4.21. The Kier molecular flexibility index (Phi) is 3.76. The smallest absolute Gasteiger partial charge is 0.228 e. The fourth-order valence-electron chi connectivity index (χ4n) is 2.93. The summed E-state index contributed by atoms with van der Waals surface area (Å²) < 4.78 is 0. The first-order chi connectivity index (χ1) is 10.2. The molecule has 0 fully saturated rings. The molecular formula is C18H20N2O. The topological polar surface area (TPSA) is 55.1 Å². The molecule has 3 nitrogen and oxygen atoms in total. The molecule has 1 unspecified atom stereocenters. The van der Waals surface area contributed by atoms with Crippen LogP contribution in [0.2, 0.25) is 0 Å². The number of fused-ring (bicyclic) bond motifs is 3. The molecule has 1 atom stereocenters. The van der Waals surface area contributed by atoms with Crippen molar-refractivity contribution in [1.82, 2.24) is 0 Å². The lowest BCUT2D eigenvalue weighted by atomic mass is 10.0. The largest absolute Gasteiger partial charge is 0.330 e. The Morgan fingerprint density at radius 1 is 1.19 bits per heavy atom. The van der Waals surface area contributed by atoms with E-state index in [-0.39, 0.29) is 11.8 Å². The first-order valence-corrected chi connectivity index (χ1v) is 7.45. The number of nitrogens with two attached hydrogens (primary N) is 1. The lowest BCUT2D eigenvalue weighted by Crippen LogP contribution is -2.28. The summed E-state index contributed by atoms with van der Waals surface area (Å²) in [5, 5.41) is 2.98. The molecule has 0 spiro atoms. The zero-order valence-corrected chi connectivity index (χ0v) is 12.2. The van der Waals surface area contributed by atoms with Crippen molar-refractivity contribution >= 4 is 11.6 Å². The van der Waals surface area contributed by atoms with Gasteiger partial charge in [0.25, 0.3) is 0 Å². The van der Waals surface area contributed by atoms with Crippen LogP contribution < -0.4 is 11.1 Å². The first-order valence-electron chi connectivity index (χ1n) is 7.45. The summed E-state index contributed by atoms with van der Waals surface area (Å²) >= 11 is 0. The van der Waals surface area contributed by atoms with Gasteiger partial charge in [0.15, 0.2) is 0 Å². The van der Waals surface area contributed by atoms with E-state index < -0.39 is 0 Å². The Balaban J connectivity index is 1.83. The Morgan fingerprint density at radius 2 is 1.95 bits per heavy atom. The van der Waals surface area contributed by atoms with Gasteiger partial charge < -0.3 is 11.1 Å². The molecule has 108 valence electrons. The highest BCUT2D eigenvalue weighted by Crippen LogP contribution is 2.37. The molecule has 1 amide bonds. The van der Waals surface area contributed by atoms with E-state index in [0.29, 0.717) is 6.54 Å². The summed E-state index contributed by atoms with van der Waals surface area (Å²) in [6, 6.07) is 14.6. The van der Waals surface area contributed by atoms with E-state index in [0.717, 1.165) is 18.5 Å². The van der Waals surface area contributed by atoms with Crippen LogP contribution in [-0.4, -0.2) is 12.5 Å². The summed E-state index contributed by atoms with van der Waals surface area (Å²) in [7, 11) is 0. The van der Waals surface area contributed by atoms with Gasteiger partial charge in [-0.3, -0.25) is 4.79 Å². The Bertz CT molecular complexity index is 675. The van der Waals surface area contributed by atoms with Gasteiger partial charge in [-0.1, -0.05) is 37.3 Å². The highest BCUT2D eigenvalue weighted by atomic mass is 16.1. The van der Waals surface area contributed by atoms with E-state index in [1.807, 2.05) is 13.0 Å². The van der Waals surface area contributed by atoms with Crippen molar-refractivity contribution in [2.45, 2.75) is 19.8 Å². The Labute approximate surface area is 125 Å². The van der Waals surface area contributed by atoms with E-state index in [2.05, 4.69) is 41.7 Å². The fraction of sp³-hybridized carbons (Fsp3) is 0.278. The van der Waals surface area contributed by atoms with Crippen LogP contribution in [0.25, 0.3) is 11.1 Å². The van der Waals surface area contributed by atoms with Crippen LogP contribution in [0.15, 0.2) is 42.5 Å². The third kappa shape index (κ3) is 2.57. The average Bonchev–Trinajstić information content (AvgIpc) is 2.86. The van der Waals surface area contributed by atoms with E-state index in [1.165, 1.54) is 22.3 Å². The number of hydrogen-bond donors (Lipinski definition) is 2. The van der Waals surface area contributed by atoms with Crippen molar-refractivity contribution in [3.8, 4) is 11.1 Å². The van der Waals surface area contributed by atoms with Crippen molar-refractivity contribution in [1.29, 1.82) is 0 Å². The van der Waals surface area contributed by atoms with Crippen molar-refractivity contribution in [3.63, 3.8) is 0 Å². The number of rotatable bonds is 4. The summed E-state index contributed by atoms with van der Waals surface area (Å²) in [4.78, 5) is 12.1. The van der Waals surface area contributed by atoms with Crippen LogP contribution in [0.5, 0.6) is 0 Å². The van der Waals surface area contributed by atoms with Crippen LogP contribution in [0.1, 0.15) is 24.5 Å². The number of carbonyl (C=O) groups is 1. The van der Waals surface area contributed by atoms with E-state index >= 15 is 0 Å². The summed E-state index contributed by atoms with van der Waals surface area (Å²) in [6.45, 7) is 2.37. The summed E-state index contributed by atoms with van der Waals surface area (Å²) in [6.07, 6.45) is 1.70. The van der Waals surface area contributed by atoms with Crippen LogP contribution >= 0.6 is 0 Å². The number of anilines is 1. The second kappa shape index (κ2) is 5.70. The normalized spacial score (nSPS) is 13.4. The van der Waals surface area contributed by atoms with E-state index in [1.54, 1.807) is 0 Å². The van der Waals surface area contributed by atoms with Gasteiger partial charge in [-0.05, 0) is 47.2 Å². The maximum Gasteiger partial charge on any atom is 0.228 e. The first kappa shape index (κ1) is 13.8. The molecule has 0 heterocycles. The molecule has 0 bridgehead atoms. The number of nitrogens with one attached hydrogen (secondary N) is 1. The van der Waals surface area contributed by atoms with Gasteiger partial charge in [-0.15, -0.1) is 0 Å². The summed E-state index contributed by atoms with van der Waals surface area (Å²) in [5.74, 6) is -0.106. The minimum atomic E-state index is -0.115. The SMILES string of the molecule is CCC(CN)C(=O)Nc1ccc2c(c1)Cc1ccccc1-2. The summed E-state index contributed by atoms with van der Waals surface area (Å²) in [5.41, 5.74) is 11.7. The molecule has 0 aliphatic heterocycles. The Morgan fingerprint density at radius 3 is 2.71 bits per heavy atom. The molecule has 21 heavy (non-hydrogen) atoms. The van der Waals surface area contributed by atoms with Crippen LogP contribution in [-0.2, 0) is 11.2 Å². The molecule has 3 rings (SSSR count). The second-order valence-corrected chi connectivity index (χ2v) is 5.54. The maximum atomic E-state index is 12.1. The molecule has 2 aromatic carbocycles. The monoisotopic (exact) mass is 280 g/mol. The molecule has 1 aliphatic carbocycles. The Hall–Kier alpha value is -2.13. The molecule has 2 aromatic rings. The quantitative estimate of drug-likeness (QED) is 0.771. The molecule has 3 heteroatoms.